The van der Waals surface area contributed by atoms with Crippen molar-refractivity contribution < 1.29 is 52.7 Å². The third kappa shape index (κ3) is 4.35. The average molecular weight is 485 g/mol. The summed E-state index contributed by atoms with van der Waals surface area (Å²) in [5.41, 5.74) is 0.523. The van der Waals surface area contributed by atoms with Gasteiger partial charge in [0.05, 0.1) is 11.3 Å². The van der Waals surface area contributed by atoms with Crippen molar-refractivity contribution >= 4 is 15.7 Å². The normalized spacial score (nSPS) is 17.9. The van der Waals surface area contributed by atoms with Crippen molar-refractivity contribution in [2.24, 2.45) is 0 Å². The Morgan fingerprint density at radius 2 is 1.45 bits per heavy atom. The first-order chi connectivity index (χ1) is 13.9. The van der Waals surface area contributed by atoms with Crippen LogP contribution in [0.3, 0.4) is 0 Å². The summed E-state index contributed by atoms with van der Waals surface area (Å²) in [7, 11) is -5.04. The van der Waals surface area contributed by atoms with Gasteiger partial charge in [-0.15, -0.1) is 0 Å². The maximum Gasteiger partial charge on any atom is 0.460 e. The number of halogens is 9. The number of hydrogen-bond acceptors (Lipinski definition) is 3. The first kappa shape index (κ1) is 25.3. The van der Waals surface area contributed by atoms with Crippen LogP contribution in [0, 0.1) is 6.92 Å². The van der Waals surface area contributed by atoms with Crippen LogP contribution in [0.15, 0.2) is 29.2 Å². The minimum Gasteiger partial charge on any atom is -0.325 e. The van der Waals surface area contributed by atoms with Crippen LogP contribution in [0.1, 0.15) is 24.8 Å². The van der Waals surface area contributed by atoms with E-state index in [4.69, 9.17) is 0 Å². The zero-order valence-corrected chi connectivity index (χ0v) is 16.5. The van der Waals surface area contributed by atoms with E-state index in [0.29, 0.717) is 5.56 Å². The number of rotatable bonds is 7. The molecular weight excluding hydrogens is 469 g/mol. The molecule has 1 fully saturated rings. The van der Waals surface area contributed by atoms with Gasteiger partial charge >= 0.3 is 23.9 Å². The molecule has 1 aliphatic rings. The topological polar surface area (TPSA) is 54.5 Å². The van der Waals surface area contributed by atoms with E-state index in [1.165, 1.54) is 19.1 Å². The van der Waals surface area contributed by atoms with Crippen LogP contribution < -0.4 is 0 Å². The van der Waals surface area contributed by atoms with E-state index >= 15 is 0 Å². The summed E-state index contributed by atoms with van der Waals surface area (Å²) in [6, 6.07) is 4.28. The quantitative estimate of drug-likeness (QED) is 0.532. The lowest BCUT2D eigenvalue weighted by atomic mass is 10.0. The number of benzene rings is 1. The second kappa shape index (κ2) is 7.85. The predicted molar refractivity (Wildman–Crippen MR) is 88.6 cm³/mol. The highest BCUT2D eigenvalue weighted by Gasteiger charge is 2.82. The van der Waals surface area contributed by atoms with Gasteiger partial charge in [-0.25, -0.2) is 8.42 Å². The van der Waals surface area contributed by atoms with E-state index in [9.17, 15) is 52.7 Å². The average Bonchev–Trinajstić information content (AvgIpc) is 3.04. The Morgan fingerprint density at radius 3 is 1.87 bits per heavy atom. The Morgan fingerprint density at radius 1 is 0.935 bits per heavy atom. The summed E-state index contributed by atoms with van der Waals surface area (Å²) in [6.45, 7) is 1.05. The van der Waals surface area contributed by atoms with Crippen molar-refractivity contribution in [2.75, 3.05) is 6.54 Å². The van der Waals surface area contributed by atoms with Crippen LogP contribution >= 0.6 is 0 Å². The molecule has 176 valence electrons. The molecule has 2 rings (SSSR count). The number of carbonyl (C=O) groups is 1. The van der Waals surface area contributed by atoms with Gasteiger partial charge in [0, 0.05) is 13.0 Å². The Hall–Kier alpha value is -1.99. The predicted octanol–water partition coefficient (Wildman–Crippen LogP) is 4.58. The Kier molecular flexibility index (Phi) is 6.40. The van der Waals surface area contributed by atoms with Crippen molar-refractivity contribution in [3.8, 4) is 0 Å². The van der Waals surface area contributed by atoms with Gasteiger partial charge in [0.25, 0.3) is 0 Å². The number of likely N-dealkylation sites (tertiary alicyclic amines) is 1. The Labute approximate surface area is 170 Å². The molecule has 1 amide bonds. The standard InChI is InChI=1S/C17H16F9NO3S/c1-10-4-6-11(7-5-10)31(29,30)13(27-8-2-3-12(27)28)9-14(18,19)15(20,21)16(22,23)17(24,25)26/h4-7,13H,2-3,8-9H2,1H3. The summed E-state index contributed by atoms with van der Waals surface area (Å²) < 4.78 is 145. The molecule has 1 aromatic rings. The van der Waals surface area contributed by atoms with E-state index in [1.54, 1.807) is 0 Å². The number of carbonyl (C=O) groups excluding carboxylic acids is 1. The smallest absolute Gasteiger partial charge is 0.325 e. The molecule has 0 N–H and O–H groups in total. The first-order valence-electron chi connectivity index (χ1n) is 8.66. The lowest BCUT2D eigenvalue weighted by molar-refractivity contribution is -0.397. The molecule has 31 heavy (non-hydrogen) atoms. The largest absolute Gasteiger partial charge is 0.460 e. The summed E-state index contributed by atoms with van der Waals surface area (Å²) in [6.07, 6.45) is -10.1. The minimum absolute atomic E-state index is 0.0422. The van der Waals surface area contributed by atoms with Crippen molar-refractivity contribution in [2.45, 2.75) is 60.4 Å². The first-order valence-corrected chi connectivity index (χ1v) is 10.2. The van der Waals surface area contributed by atoms with Crippen molar-refractivity contribution in [3.05, 3.63) is 29.8 Å². The Balaban J connectivity index is 2.56. The van der Waals surface area contributed by atoms with Crippen molar-refractivity contribution in [1.29, 1.82) is 0 Å². The molecule has 1 aromatic carbocycles. The highest BCUT2D eigenvalue weighted by Crippen LogP contribution is 2.55. The number of sulfone groups is 1. The summed E-state index contributed by atoms with van der Waals surface area (Å²) >= 11 is 0. The molecule has 0 spiro atoms. The fourth-order valence-electron chi connectivity index (χ4n) is 3.00. The number of hydrogen-bond donors (Lipinski definition) is 0. The lowest BCUT2D eigenvalue weighted by Crippen LogP contribution is -2.62. The van der Waals surface area contributed by atoms with Crippen LogP contribution in [-0.2, 0) is 14.6 Å². The lowest BCUT2D eigenvalue weighted by Gasteiger charge is -2.37. The van der Waals surface area contributed by atoms with Gasteiger partial charge in [0.1, 0.15) is 5.37 Å². The fraction of sp³-hybridized carbons (Fsp3) is 0.588. The van der Waals surface area contributed by atoms with Gasteiger partial charge in [-0.3, -0.25) is 4.79 Å². The maximum atomic E-state index is 14.2. The van der Waals surface area contributed by atoms with E-state index in [2.05, 4.69) is 0 Å². The van der Waals surface area contributed by atoms with Crippen LogP contribution in [0.5, 0.6) is 0 Å². The molecule has 0 radical (unpaired) electrons. The van der Waals surface area contributed by atoms with E-state index in [-0.39, 0.29) is 17.7 Å². The highest BCUT2D eigenvalue weighted by molar-refractivity contribution is 7.92. The third-order valence-electron chi connectivity index (χ3n) is 4.81. The van der Waals surface area contributed by atoms with Crippen LogP contribution in [0.25, 0.3) is 0 Å². The molecule has 1 aliphatic heterocycles. The van der Waals surface area contributed by atoms with Gasteiger partial charge in [0.15, 0.2) is 9.84 Å². The van der Waals surface area contributed by atoms with Crippen LogP contribution in [-0.4, -0.2) is 55.1 Å². The Bertz CT molecular complexity index is 927. The SMILES string of the molecule is Cc1ccc(S(=O)(=O)C(CC(F)(F)C(F)(F)C(F)(F)C(F)(F)F)N2CCCC2=O)cc1. The maximum absolute atomic E-state index is 14.2. The summed E-state index contributed by atoms with van der Waals surface area (Å²) in [5, 5.41) is -2.78. The number of aryl methyl sites for hydroxylation is 1. The summed E-state index contributed by atoms with van der Waals surface area (Å²) in [4.78, 5) is 11.5. The molecule has 1 atom stereocenters. The summed E-state index contributed by atoms with van der Waals surface area (Å²) in [5.74, 6) is -21.3. The van der Waals surface area contributed by atoms with Gasteiger partial charge in [-0.2, -0.15) is 39.5 Å². The number of nitrogens with zero attached hydrogens (tertiary/aromatic N) is 1. The van der Waals surface area contributed by atoms with Gasteiger partial charge in [-0.1, -0.05) is 17.7 Å². The molecule has 0 aliphatic carbocycles. The number of alkyl halides is 9. The molecule has 1 heterocycles. The van der Waals surface area contributed by atoms with Crippen molar-refractivity contribution in [3.63, 3.8) is 0 Å². The molecule has 0 saturated carbocycles. The van der Waals surface area contributed by atoms with E-state index < -0.39 is 62.9 Å². The number of amides is 1. The highest BCUT2D eigenvalue weighted by atomic mass is 32.2. The minimum atomic E-state index is -7.16. The zero-order valence-electron chi connectivity index (χ0n) is 15.7. The van der Waals surface area contributed by atoms with Gasteiger partial charge in [-0.05, 0) is 25.5 Å². The second-order valence-electron chi connectivity index (χ2n) is 7.06. The molecule has 0 bridgehead atoms. The monoisotopic (exact) mass is 485 g/mol. The third-order valence-corrected chi connectivity index (χ3v) is 6.87. The van der Waals surface area contributed by atoms with Crippen LogP contribution in [0.2, 0.25) is 0 Å². The van der Waals surface area contributed by atoms with Gasteiger partial charge < -0.3 is 4.90 Å². The van der Waals surface area contributed by atoms with Gasteiger partial charge in [0.2, 0.25) is 5.91 Å². The molecule has 0 aromatic heterocycles. The van der Waals surface area contributed by atoms with Crippen molar-refractivity contribution in [1.82, 2.24) is 4.90 Å². The van der Waals surface area contributed by atoms with E-state index in [1.807, 2.05) is 0 Å². The molecule has 1 unspecified atom stereocenters. The zero-order chi connectivity index (χ0) is 24.0. The molecule has 4 nitrogen and oxygen atoms in total. The molecule has 1 saturated heterocycles. The second-order valence-corrected chi connectivity index (χ2v) is 9.16. The molecule has 14 heteroatoms. The fourth-order valence-corrected chi connectivity index (χ4v) is 4.82. The molecular formula is C17H16F9NO3S. The van der Waals surface area contributed by atoms with Crippen LogP contribution in [0.4, 0.5) is 39.5 Å². The van der Waals surface area contributed by atoms with E-state index in [0.717, 1.165) is 12.1 Å².